The first kappa shape index (κ1) is 18.5. The van der Waals surface area contributed by atoms with E-state index in [1.54, 1.807) is 12.2 Å². The van der Waals surface area contributed by atoms with Crippen molar-refractivity contribution in [3.8, 4) is 23.7 Å². The fraction of sp³-hybridized carbons (Fsp3) is 0.529. The predicted molar refractivity (Wildman–Crippen MR) is 81.8 cm³/mol. The summed E-state index contributed by atoms with van der Waals surface area (Å²) in [5.74, 6) is 10.3. The summed E-state index contributed by atoms with van der Waals surface area (Å²) in [5.41, 5.74) is 0. The van der Waals surface area contributed by atoms with E-state index < -0.39 is 6.10 Å². The zero-order chi connectivity index (χ0) is 15.1. The Morgan fingerprint density at radius 3 is 2.60 bits per heavy atom. The summed E-state index contributed by atoms with van der Waals surface area (Å²) in [7, 11) is 0. The molecule has 0 fully saturated rings. The zero-order valence-electron chi connectivity index (χ0n) is 12.1. The van der Waals surface area contributed by atoms with Gasteiger partial charge in [0.15, 0.2) is 0 Å². The van der Waals surface area contributed by atoms with Gasteiger partial charge in [-0.05, 0) is 30.4 Å². The molecule has 0 aliphatic rings. The fourth-order valence-corrected chi connectivity index (χ4v) is 1.54. The van der Waals surface area contributed by atoms with Crippen LogP contribution in [-0.2, 0) is 4.89 Å². The number of hydrogen-bond acceptors (Lipinski definition) is 3. The Balaban J connectivity index is 3.97. The highest BCUT2D eigenvalue weighted by molar-refractivity contribution is 5.32. The lowest BCUT2D eigenvalue weighted by Gasteiger charge is -2.07. The van der Waals surface area contributed by atoms with E-state index in [0.717, 1.165) is 19.3 Å². The van der Waals surface area contributed by atoms with E-state index in [1.165, 1.54) is 25.3 Å². The summed E-state index contributed by atoms with van der Waals surface area (Å²) in [4.78, 5) is 4.38. The molecule has 0 aromatic heterocycles. The molecule has 20 heavy (non-hydrogen) atoms. The minimum absolute atomic E-state index is 0.322. The normalized spacial score (nSPS) is 12.9. The predicted octanol–water partition coefficient (Wildman–Crippen LogP) is 3.32. The summed E-state index contributed by atoms with van der Waals surface area (Å²) >= 11 is 0. The summed E-state index contributed by atoms with van der Waals surface area (Å²) in [6, 6.07) is 0. The van der Waals surface area contributed by atoms with E-state index in [1.807, 2.05) is 0 Å². The van der Waals surface area contributed by atoms with Gasteiger partial charge < -0.3 is 5.11 Å². The molecule has 2 N–H and O–H groups in total. The molecular weight excluding hydrogens is 252 g/mol. The highest BCUT2D eigenvalue weighted by Crippen LogP contribution is 2.09. The first-order valence-electron chi connectivity index (χ1n) is 7.03. The van der Waals surface area contributed by atoms with Crippen LogP contribution >= 0.6 is 0 Å². The molecule has 3 nitrogen and oxygen atoms in total. The lowest BCUT2D eigenvalue weighted by atomic mass is 10.1. The highest BCUT2D eigenvalue weighted by Gasteiger charge is 2.03. The van der Waals surface area contributed by atoms with Gasteiger partial charge in [0.05, 0.1) is 0 Å². The number of unbranched alkanes of at least 4 members (excludes halogenated alkanes) is 4. The van der Waals surface area contributed by atoms with E-state index in [0.29, 0.717) is 0 Å². The van der Waals surface area contributed by atoms with Crippen molar-refractivity contribution in [1.82, 2.24) is 0 Å². The van der Waals surface area contributed by atoms with Crippen LogP contribution in [-0.4, -0.2) is 22.6 Å². The third-order valence-corrected chi connectivity index (χ3v) is 2.70. The topological polar surface area (TPSA) is 49.7 Å². The quantitative estimate of drug-likeness (QED) is 0.223. The third kappa shape index (κ3) is 11.6. The van der Waals surface area contributed by atoms with E-state index in [4.69, 9.17) is 10.4 Å². The standard InChI is InChI=1S/C17H24O3/c1-3-5-6-7-11-14-17(20-19)15-12-9-8-10-13-16(18)4-2/h4,12,15-19H,2-3,5-7,11,14H2,1H3/b15-12+/t16-,17-/m0/s1. The Kier molecular flexibility index (Phi) is 12.8. The number of allylic oxidation sites excluding steroid dienone is 1. The summed E-state index contributed by atoms with van der Waals surface area (Å²) in [5, 5.41) is 17.8. The van der Waals surface area contributed by atoms with Crippen molar-refractivity contribution in [2.75, 3.05) is 0 Å². The molecule has 0 amide bonds. The maximum Gasteiger partial charge on any atom is 0.134 e. The summed E-state index contributed by atoms with van der Waals surface area (Å²) < 4.78 is 0. The van der Waals surface area contributed by atoms with Crippen molar-refractivity contribution in [3.05, 3.63) is 24.8 Å². The van der Waals surface area contributed by atoms with Gasteiger partial charge in [-0.2, -0.15) is 0 Å². The highest BCUT2D eigenvalue weighted by atomic mass is 17.1. The van der Waals surface area contributed by atoms with E-state index >= 15 is 0 Å². The second-order valence-corrected chi connectivity index (χ2v) is 4.43. The maximum atomic E-state index is 9.07. The molecule has 0 aliphatic carbocycles. The second kappa shape index (κ2) is 13.9. The molecule has 0 saturated carbocycles. The molecule has 110 valence electrons. The SMILES string of the molecule is C=C[C@H](O)C#CC#C/C=C/[C@H](CCCCCCC)OO. The average molecular weight is 276 g/mol. The molecule has 0 aromatic carbocycles. The Morgan fingerprint density at radius 1 is 1.20 bits per heavy atom. The van der Waals surface area contributed by atoms with E-state index in [2.05, 4.69) is 42.1 Å². The van der Waals surface area contributed by atoms with Crippen LogP contribution in [0.5, 0.6) is 0 Å². The molecule has 0 rings (SSSR count). The zero-order valence-corrected chi connectivity index (χ0v) is 12.1. The van der Waals surface area contributed by atoms with Crippen LogP contribution in [0.4, 0.5) is 0 Å². The third-order valence-electron chi connectivity index (χ3n) is 2.70. The van der Waals surface area contributed by atoms with Crippen molar-refractivity contribution >= 4 is 0 Å². The van der Waals surface area contributed by atoms with Crippen LogP contribution in [0.2, 0.25) is 0 Å². The average Bonchev–Trinajstić information content (AvgIpc) is 2.47. The minimum atomic E-state index is -0.843. The Hall–Kier alpha value is -1.52. The molecule has 0 unspecified atom stereocenters. The van der Waals surface area contributed by atoms with Crippen molar-refractivity contribution in [1.29, 1.82) is 0 Å². The van der Waals surface area contributed by atoms with Gasteiger partial charge >= 0.3 is 0 Å². The van der Waals surface area contributed by atoms with Crippen LogP contribution in [0.15, 0.2) is 24.8 Å². The van der Waals surface area contributed by atoms with Gasteiger partial charge in [0, 0.05) is 0 Å². The number of hydrogen-bond donors (Lipinski definition) is 2. The van der Waals surface area contributed by atoms with Crippen molar-refractivity contribution in [3.63, 3.8) is 0 Å². The van der Waals surface area contributed by atoms with E-state index in [-0.39, 0.29) is 6.10 Å². The lowest BCUT2D eigenvalue weighted by molar-refractivity contribution is -0.267. The molecule has 0 radical (unpaired) electrons. The fourth-order valence-electron chi connectivity index (χ4n) is 1.54. The smallest absolute Gasteiger partial charge is 0.134 e. The van der Waals surface area contributed by atoms with Crippen LogP contribution in [0, 0.1) is 23.7 Å². The van der Waals surface area contributed by atoms with E-state index in [9.17, 15) is 0 Å². The number of aliphatic hydroxyl groups is 1. The van der Waals surface area contributed by atoms with Gasteiger partial charge in [-0.1, -0.05) is 63.5 Å². The molecule has 3 heteroatoms. The van der Waals surface area contributed by atoms with Crippen molar-refractivity contribution in [2.45, 2.75) is 57.7 Å². The Labute approximate surface area is 122 Å². The molecule has 0 spiro atoms. The van der Waals surface area contributed by atoms with Crippen molar-refractivity contribution in [2.24, 2.45) is 0 Å². The molecule has 2 atom stereocenters. The monoisotopic (exact) mass is 276 g/mol. The number of aliphatic hydroxyl groups excluding tert-OH is 1. The molecule has 0 heterocycles. The van der Waals surface area contributed by atoms with Crippen LogP contribution in [0.1, 0.15) is 45.4 Å². The van der Waals surface area contributed by atoms with Crippen LogP contribution in [0.25, 0.3) is 0 Å². The Morgan fingerprint density at radius 2 is 1.95 bits per heavy atom. The van der Waals surface area contributed by atoms with Gasteiger partial charge in [0.25, 0.3) is 0 Å². The molecular formula is C17H24O3. The summed E-state index contributed by atoms with van der Waals surface area (Å²) in [6.07, 6.45) is 10.1. The molecule has 0 aromatic rings. The molecule has 0 bridgehead atoms. The first-order chi connectivity index (χ1) is 9.74. The largest absolute Gasteiger partial charge is 0.377 e. The second-order valence-electron chi connectivity index (χ2n) is 4.43. The first-order valence-corrected chi connectivity index (χ1v) is 7.03. The summed E-state index contributed by atoms with van der Waals surface area (Å²) in [6.45, 7) is 5.58. The van der Waals surface area contributed by atoms with Crippen LogP contribution < -0.4 is 0 Å². The molecule has 0 aliphatic heterocycles. The lowest BCUT2D eigenvalue weighted by Crippen LogP contribution is -2.06. The van der Waals surface area contributed by atoms with Crippen LogP contribution in [0.3, 0.4) is 0 Å². The van der Waals surface area contributed by atoms with Gasteiger partial charge in [-0.25, -0.2) is 4.89 Å². The van der Waals surface area contributed by atoms with Gasteiger partial charge in [0.1, 0.15) is 12.2 Å². The minimum Gasteiger partial charge on any atom is -0.377 e. The van der Waals surface area contributed by atoms with Crippen molar-refractivity contribution < 1.29 is 15.3 Å². The molecule has 0 saturated heterocycles. The maximum absolute atomic E-state index is 9.07. The Bertz CT molecular complexity index is 390. The number of rotatable bonds is 9. The van der Waals surface area contributed by atoms with Gasteiger partial charge in [-0.15, -0.1) is 0 Å². The van der Waals surface area contributed by atoms with Gasteiger partial charge in [0.2, 0.25) is 0 Å². The van der Waals surface area contributed by atoms with Gasteiger partial charge in [-0.3, -0.25) is 5.26 Å².